The molecule has 0 aromatic carbocycles. The van der Waals surface area contributed by atoms with Crippen molar-refractivity contribution in [1.82, 2.24) is 0 Å². The van der Waals surface area contributed by atoms with Crippen LogP contribution < -0.4 is 0 Å². The minimum Gasteiger partial charge on any atom is -0.450 e. The van der Waals surface area contributed by atoms with Gasteiger partial charge in [-0.15, -0.1) is 0 Å². The molecule has 1 unspecified atom stereocenters. The van der Waals surface area contributed by atoms with E-state index in [2.05, 4.69) is 9.47 Å². The van der Waals surface area contributed by atoms with Crippen LogP contribution in [0, 0.1) is 0 Å². The molecule has 0 aliphatic heterocycles. The van der Waals surface area contributed by atoms with E-state index in [9.17, 15) is 22.8 Å². The van der Waals surface area contributed by atoms with Gasteiger partial charge in [-0.3, -0.25) is 0 Å². The Hall–Kier alpha value is -1.67. The molecule has 0 fully saturated rings. The van der Waals surface area contributed by atoms with Crippen LogP contribution in [-0.4, -0.2) is 41.4 Å². The highest BCUT2D eigenvalue weighted by Gasteiger charge is 2.44. The highest BCUT2D eigenvalue weighted by molar-refractivity contribution is 5.58. The van der Waals surface area contributed by atoms with Gasteiger partial charge in [0.25, 0.3) is 0 Å². The Morgan fingerprint density at radius 1 is 1.21 bits per heavy atom. The number of carboxylic acid groups (broad SMARTS) is 2. The summed E-state index contributed by atoms with van der Waals surface area (Å²) in [7, 11) is 0. The molecule has 0 radical (unpaired) electrons. The van der Waals surface area contributed by atoms with E-state index >= 15 is 0 Å². The van der Waals surface area contributed by atoms with Gasteiger partial charge in [0.2, 0.25) is 6.10 Å². The van der Waals surface area contributed by atoms with Crippen LogP contribution in [-0.2, 0) is 9.47 Å². The van der Waals surface area contributed by atoms with Crippen LogP contribution in [0.1, 0.15) is 0 Å². The molecule has 0 aliphatic carbocycles. The van der Waals surface area contributed by atoms with Gasteiger partial charge >= 0.3 is 18.5 Å². The molecule has 0 saturated heterocycles. The Labute approximate surface area is 74.8 Å². The number of hydrogen-bond acceptors (Lipinski definition) is 4. The highest BCUT2D eigenvalue weighted by atomic mass is 19.4. The monoisotopic (exact) mass is 218 g/mol. The maximum absolute atomic E-state index is 11.9. The van der Waals surface area contributed by atoms with Crippen LogP contribution in [0.3, 0.4) is 0 Å². The van der Waals surface area contributed by atoms with Crippen molar-refractivity contribution in [3.63, 3.8) is 0 Å². The lowest BCUT2D eigenvalue weighted by molar-refractivity contribution is -0.217. The third kappa shape index (κ3) is 5.06. The van der Waals surface area contributed by atoms with Gasteiger partial charge in [0.05, 0.1) is 0 Å². The van der Waals surface area contributed by atoms with Gasteiger partial charge in [-0.2, -0.15) is 13.2 Å². The second-order valence-electron chi connectivity index (χ2n) is 1.99. The quantitative estimate of drug-likeness (QED) is 0.693. The zero-order valence-corrected chi connectivity index (χ0v) is 6.45. The number of ether oxygens (including phenoxy) is 2. The summed E-state index contributed by atoms with van der Waals surface area (Å²) >= 11 is 0. The molecule has 0 aromatic rings. The van der Waals surface area contributed by atoms with E-state index in [0.29, 0.717) is 0 Å². The molecule has 6 nitrogen and oxygen atoms in total. The summed E-state index contributed by atoms with van der Waals surface area (Å²) in [5.41, 5.74) is 0. The number of alkyl halides is 3. The van der Waals surface area contributed by atoms with Crippen molar-refractivity contribution in [2.75, 3.05) is 6.61 Å². The average Bonchev–Trinajstić information content (AvgIpc) is 1.94. The molecule has 0 rings (SSSR count). The highest BCUT2D eigenvalue weighted by Crippen LogP contribution is 2.23. The van der Waals surface area contributed by atoms with Crippen molar-refractivity contribution < 1.29 is 42.4 Å². The fourth-order valence-electron chi connectivity index (χ4n) is 0.464. The first-order valence-electron chi connectivity index (χ1n) is 3.05. The van der Waals surface area contributed by atoms with Gasteiger partial charge in [0, 0.05) is 0 Å². The lowest BCUT2D eigenvalue weighted by atomic mass is 10.4. The van der Waals surface area contributed by atoms with Crippen LogP contribution in [0.25, 0.3) is 0 Å². The van der Waals surface area contributed by atoms with Gasteiger partial charge in [-0.05, 0) is 0 Å². The summed E-state index contributed by atoms with van der Waals surface area (Å²) in [5, 5.41) is 15.8. The first-order chi connectivity index (χ1) is 6.23. The summed E-state index contributed by atoms with van der Waals surface area (Å²) in [4.78, 5) is 19.5. The third-order valence-electron chi connectivity index (χ3n) is 0.966. The van der Waals surface area contributed by atoms with Crippen molar-refractivity contribution in [3.8, 4) is 0 Å². The van der Waals surface area contributed by atoms with Crippen molar-refractivity contribution in [1.29, 1.82) is 0 Å². The molecule has 82 valence electrons. The Kier molecular flexibility index (Phi) is 3.99. The number of carbonyl (C=O) groups is 2. The van der Waals surface area contributed by atoms with Crippen LogP contribution in [0.2, 0.25) is 0 Å². The van der Waals surface area contributed by atoms with Gasteiger partial charge < -0.3 is 19.7 Å². The predicted octanol–water partition coefficient (Wildman–Crippen LogP) is 1.31. The first-order valence-corrected chi connectivity index (χ1v) is 3.05. The van der Waals surface area contributed by atoms with E-state index in [1.807, 2.05) is 0 Å². The molecule has 0 aromatic heterocycles. The van der Waals surface area contributed by atoms with Crippen molar-refractivity contribution in [2.45, 2.75) is 12.3 Å². The number of hydrogen-bond donors (Lipinski definition) is 2. The maximum Gasteiger partial charge on any atom is 0.506 e. The average molecular weight is 218 g/mol. The SMILES string of the molecule is O=C(O)OCC(OC(=O)O)C(F)(F)F. The maximum atomic E-state index is 11.9. The standard InChI is InChI=1S/C5H5F3O6/c6-5(7,8)2(14-4(11)12)1-13-3(9)10/h2H,1H2,(H,9,10)(H,11,12). The molecular weight excluding hydrogens is 213 g/mol. The van der Waals surface area contributed by atoms with Gasteiger partial charge in [0.1, 0.15) is 6.61 Å². The molecule has 0 saturated carbocycles. The Morgan fingerprint density at radius 2 is 1.71 bits per heavy atom. The minimum absolute atomic E-state index is 1.43. The molecule has 0 spiro atoms. The van der Waals surface area contributed by atoms with E-state index in [4.69, 9.17) is 10.2 Å². The molecule has 2 N–H and O–H groups in total. The van der Waals surface area contributed by atoms with Crippen LogP contribution in [0.4, 0.5) is 22.8 Å². The Bertz CT molecular complexity index is 224. The van der Waals surface area contributed by atoms with Gasteiger partial charge in [-0.25, -0.2) is 9.59 Å². The summed E-state index contributed by atoms with van der Waals surface area (Å²) in [5.74, 6) is 0. The van der Waals surface area contributed by atoms with E-state index < -0.39 is 31.2 Å². The number of halogens is 3. The molecular formula is C5H5F3O6. The zero-order chi connectivity index (χ0) is 11.4. The fraction of sp³-hybridized carbons (Fsp3) is 0.600. The zero-order valence-electron chi connectivity index (χ0n) is 6.45. The second kappa shape index (κ2) is 4.53. The summed E-state index contributed by atoms with van der Waals surface area (Å²) in [6, 6.07) is 0. The topological polar surface area (TPSA) is 93.1 Å². The first kappa shape index (κ1) is 12.3. The normalized spacial score (nSPS) is 13.1. The molecule has 0 heterocycles. The molecule has 14 heavy (non-hydrogen) atoms. The van der Waals surface area contributed by atoms with Gasteiger partial charge in [0.15, 0.2) is 0 Å². The summed E-state index contributed by atoms with van der Waals surface area (Å²) in [6.07, 6.45) is -11.9. The largest absolute Gasteiger partial charge is 0.506 e. The third-order valence-corrected chi connectivity index (χ3v) is 0.966. The van der Waals surface area contributed by atoms with Crippen molar-refractivity contribution >= 4 is 12.3 Å². The van der Waals surface area contributed by atoms with E-state index in [-0.39, 0.29) is 0 Å². The predicted molar refractivity (Wildman–Crippen MR) is 32.9 cm³/mol. The minimum atomic E-state index is -5.01. The van der Waals surface area contributed by atoms with E-state index in [1.54, 1.807) is 0 Å². The van der Waals surface area contributed by atoms with Crippen LogP contribution in [0.5, 0.6) is 0 Å². The second-order valence-corrected chi connectivity index (χ2v) is 1.99. The molecule has 1 atom stereocenters. The Balaban J connectivity index is 4.26. The molecule has 0 amide bonds. The molecule has 9 heteroatoms. The lowest BCUT2D eigenvalue weighted by Gasteiger charge is -2.17. The number of rotatable bonds is 3. The lowest BCUT2D eigenvalue weighted by Crippen LogP contribution is -2.38. The molecule has 0 aliphatic rings. The van der Waals surface area contributed by atoms with Crippen LogP contribution in [0.15, 0.2) is 0 Å². The van der Waals surface area contributed by atoms with Gasteiger partial charge in [-0.1, -0.05) is 0 Å². The summed E-state index contributed by atoms with van der Waals surface area (Å²) < 4.78 is 42.5. The van der Waals surface area contributed by atoms with Crippen molar-refractivity contribution in [2.24, 2.45) is 0 Å². The molecule has 0 bridgehead atoms. The van der Waals surface area contributed by atoms with E-state index in [1.165, 1.54) is 0 Å². The summed E-state index contributed by atoms with van der Waals surface area (Å²) in [6.45, 7) is -1.43. The smallest absolute Gasteiger partial charge is 0.450 e. The Morgan fingerprint density at radius 3 is 2.00 bits per heavy atom. The van der Waals surface area contributed by atoms with Crippen LogP contribution >= 0.6 is 0 Å². The van der Waals surface area contributed by atoms with E-state index in [0.717, 1.165) is 0 Å². The fourth-order valence-corrected chi connectivity index (χ4v) is 0.464. The van der Waals surface area contributed by atoms with Crippen molar-refractivity contribution in [3.05, 3.63) is 0 Å².